The highest BCUT2D eigenvalue weighted by Crippen LogP contribution is 2.43. The average molecular weight is 407 g/mol. The maximum Gasteiger partial charge on any atom is 0.116 e. The van der Waals surface area contributed by atoms with Gasteiger partial charge in [-0.2, -0.15) is 0 Å². The number of likely N-dealkylation sites (tertiary alicyclic amines) is 1. The van der Waals surface area contributed by atoms with Crippen LogP contribution in [0.5, 0.6) is 5.75 Å². The second-order valence-corrected chi connectivity index (χ2v) is 9.52. The number of aromatic hydroxyl groups is 1. The summed E-state index contributed by atoms with van der Waals surface area (Å²) in [5, 5.41) is 11.4. The van der Waals surface area contributed by atoms with E-state index in [9.17, 15) is 5.11 Å². The van der Waals surface area contributed by atoms with E-state index >= 15 is 0 Å². The molecular weight excluding hydrogens is 376 g/mol. The summed E-state index contributed by atoms with van der Waals surface area (Å²) >= 11 is 1.87. The molecule has 0 bridgehead atoms. The molecule has 152 valence electrons. The molecule has 2 aromatic carbocycles. The molecule has 0 saturated carbocycles. The van der Waals surface area contributed by atoms with Gasteiger partial charge in [-0.15, -0.1) is 11.8 Å². The minimum Gasteiger partial charge on any atom is -0.508 e. The fourth-order valence-electron chi connectivity index (χ4n) is 5.05. The summed E-state index contributed by atoms with van der Waals surface area (Å²) in [6, 6.07) is 14.8. The zero-order chi connectivity index (χ0) is 19.6. The molecule has 3 heterocycles. The highest BCUT2D eigenvalue weighted by atomic mass is 32.2. The molecule has 3 nitrogen and oxygen atoms in total. The van der Waals surface area contributed by atoms with Crippen LogP contribution in [0, 0.1) is 0 Å². The Morgan fingerprint density at radius 3 is 2.66 bits per heavy atom. The maximum absolute atomic E-state index is 10.0. The number of rotatable bonds is 6. The number of para-hydroxylation sites is 1. The molecule has 0 atom stereocenters. The Morgan fingerprint density at radius 1 is 0.931 bits per heavy atom. The Labute approximate surface area is 177 Å². The second-order valence-electron chi connectivity index (χ2n) is 8.38. The van der Waals surface area contributed by atoms with E-state index in [-0.39, 0.29) is 0 Å². The molecule has 3 aromatic rings. The van der Waals surface area contributed by atoms with Crippen molar-refractivity contribution in [1.82, 2.24) is 9.47 Å². The molecule has 0 amide bonds. The number of phenolic OH excluding ortho intramolecular Hbond substituents is 1. The van der Waals surface area contributed by atoms with Crippen LogP contribution in [0.3, 0.4) is 0 Å². The van der Waals surface area contributed by atoms with Crippen LogP contribution in [-0.4, -0.2) is 40.0 Å². The van der Waals surface area contributed by atoms with Gasteiger partial charge in [0, 0.05) is 33.7 Å². The summed E-state index contributed by atoms with van der Waals surface area (Å²) in [4.78, 5) is 3.83. The smallest absolute Gasteiger partial charge is 0.116 e. The van der Waals surface area contributed by atoms with Crippen LogP contribution < -0.4 is 0 Å². The largest absolute Gasteiger partial charge is 0.508 e. The quantitative estimate of drug-likeness (QED) is 0.514. The standard InChI is InChI=1S/C25H30N2OS/c28-19-10-11-22-24(18-19)29-17-12-21-20-8-2-3-9-23(20)27(25(21)22)16-5-1-4-13-26-14-6-7-15-26/h2-3,8-11,18,28H,1,4-7,12-17H2. The first-order valence-electron chi connectivity index (χ1n) is 11.1. The van der Waals surface area contributed by atoms with Crippen molar-refractivity contribution in [2.45, 2.75) is 50.0 Å². The van der Waals surface area contributed by atoms with Gasteiger partial charge in [-0.3, -0.25) is 0 Å². The van der Waals surface area contributed by atoms with Crippen LogP contribution in [0.15, 0.2) is 47.4 Å². The molecule has 0 spiro atoms. The van der Waals surface area contributed by atoms with Crippen LogP contribution in [0.2, 0.25) is 0 Å². The van der Waals surface area contributed by atoms with Gasteiger partial charge in [0.2, 0.25) is 0 Å². The van der Waals surface area contributed by atoms with Gasteiger partial charge in [0.25, 0.3) is 0 Å². The predicted molar refractivity (Wildman–Crippen MR) is 123 cm³/mol. The van der Waals surface area contributed by atoms with E-state index in [4.69, 9.17) is 0 Å². The van der Waals surface area contributed by atoms with Crippen molar-refractivity contribution in [3.05, 3.63) is 48.0 Å². The molecule has 4 heteroatoms. The van der Waals surface area contributed by atoms with Crippen molar-refractivity contribution >= 4 is 22.7 Å². The fraction of sp³-hybridized carbons (Fsp3) is 0.440. The molecule has 1 saturated heterocycles. The third kappa shape index (κ3) is 3.80. The highest BCUT2D eigenvalue weighted by Gasteiger charge is 2.23. The normalized spacial score (nSPS) is 16.7. The number of aromatic nitrogens is 1. The molecule has 2 aliphatic rings. The third-order valence-corrected chi connectivity index (χ3v) is 7.52. The Kier molecular flexibility index (Phi) is 5.56. The predicted octanol–water partition coefficient (Wildman–Crippen LogP) is 5.93. The molecule has 1 N–H and O–H groups in total. The molecule has 5 rings (SSSR count). The third-order valence-electron chi connectivity index (χ3n) is 6.46. The number of phenols is 1. The van der Waals surface area contributed by atoms with E-state index in [0.29, 0.717) is 5.75 Å². The van der Waals surface area contributed by atoms with E-state index in [1.165, 1.54) is 84.4 Å². The summed E-state index contributed by atoms with van der Waals surface area (Å²) < 4.78 is 2.56. The summed E-state index contributed by atoms with van der Waals surface area (Å²) in [5.74, 6) is 1.43. The van der Waals surface area contributed by atoms with E-state index < -0.39 is 0 Å². The number of nitrogens with zero attached hydrogens (tertiary/aromatic N) is 2. The summed E-state index contributed by atoms with van der Waals surface area (Å²) in [6.45, 7) is 4.94. The van der Waals surface area contributed by atoms with Crippen molar-refractivity contribution < 1.29 is 5.11 Å². The number of unbranched alkanes of at least 4 members (excludes halogenated alkanes) is 2. The fourth-order valence-corrected chi connectivity index (χ4v) is 6.10. The Morgan fingerprint density at radius 2 is 1.76 bits per heavy atom. The molecule has 0 aliphatic carbocycles. The number of benzene rings is 2. The topological polar surface area (TPSA) is 28.4 Å². The van der Waals surface area contributed by atoms with Gasteiger partial charge in [-0.25, -0.2) is 0 Å². The van der Waals surface area contributed by atoms with Gasteiger partial charge < -0.3 is 14.6 Å². The van der Waals surface area contributed by atoms with Gasteiger partial charge in [0.05, 0.1) is 5.69 Å². The van der Waals surface area contributed by atoms with E-state index in [0.717, 1.165) is 18.7 Å². The van der Waals surface area contributed by atoms with Gasteiger partial charge in [0.15, 0.2) is 0 Å². The molecular formula is C25H30N2OS. The zero-order valence-electron chi connectivity index (χ0n) is 17.1. The van der Waals surface area contributed by atoms with Crippen LogP contribution in [0.4, 0.5) is 0 Å². The molecule has 0 radical (unpaired) electrons. The van der Waals surface area contributed by atoms with Gasteiger partial charge in [-0.05, 0) is 81.6 Å². The van der Waals surface area contributed by atoms with Crippen LogP contribution in [0.25, 0.3) is 22.2 Å². The number of hydrogen-bond acceptors (Lipinski definition) is 3. The number of thioether (sulfide) groups is 1. The van der Waals surface area contributed by atoms with Gasteiger partial charge >= 0.3 is 0 Å². The summed E-state index contributed by atoms with van der Waals surface area (Å²) in [7, 11) is 0. The van der Waals surface area contributed by atoms with Gasteiger partial charge in [0.1, 0.15) is 5.75 Å². The van der Waals surface area contributed by atoms with Crippen LogP contribution in [0.1, 0.15) is 37.7 Å². The molecule has 0 unspecified atom stereocenters. The minimum absolute atomic E-state index is 0.365. The van der Waals surface area contributed by atoms with E-state index in [2.05, 4.69) is 39.8 Å². The SMILES string of the molecule is Oc1ccc2c(c1)SCCc1c-2n(CCCCCN2CCCC2)c2ccccc12. The van der Waals surface area contributed by atoms with Crippen molar-refractivity contribution in [2.75, 3.05) is 25.4 Å². The second kappa shape index (κ2) is 8.45. The first-order chi connectivity index (χ1) is 14.3. The zero-order valence-corrected chi connectivity index (χ0v) is 17.9. The van der Waals surface area contributed by atoms with Crippen molar-refractivity contribution in [1.29, 1.82) is 0 Å². The lowest BCUT2D eigenvalue weighted by Crippen LogP contribution is -2.20. The summed E-state index contributed by atoms with van der Waals surface area (Å²) in [6.07, 6.45) is 7.66. The summed E-state index contributed by atoms with van der Waals surface area (Å²) in [5.41, 5.74) is 5.51. The Bertz CT molecular complexity index is 1000. The number of fused-ring (bicyclic) bond motifs is 5. The lowest BCUT2D eigenvalue weighted by atomic mass is 10.0. The van der Waals surface area contributed by atoms with Crippen molar-refractivity contribution in [2.24, 2.45) is 0 Å². The van der Waals surface area contributed by atoms with E-state index in [1.54, 1.807) is 0 Å². The van der Waals surface area contributed by atoms with Gasteiger partial charge in [-0.1, -0.05) is 24.6 Å². The van der Waals surface area contributed by atoms with E-state index in [1.807, 2.05) is 23.9 Å². The Hall–Kier alpha value is -1.91. The highest BCUT2D eigenvalue weighted by molar-refractivity contribution is 7.99. The maximum atomic E-state index is 10.0. The first-order valence-corrected chi connectivity index (χ1v) is 12.1. The van der Waals surface area contributed by atoms with Crippen molar-refractivity contribution in [3.8, 4) is 17.0 Å². The van der Waals surface area contributed by atoms with Crippen LogP contribution >= 0.6 is 11.8 Å². The minimum atomic E-state index is 0.365. The average Bonchev–Trinajstić information content (AvgIpc) is 3.30. The lowest BCUT2D eigenvalue weighted by molar-refractivity contribution is 0.327. The van der Waals surface area contributed by atoms with Crippen LogP contribution in [-0.2, 0) is 13.0 Å². The van der Waals surface area contributed by atoms with Crippen molar-refractivity contribution in [3.63, 3.8) is 0 Å². The molecule has 29 heavy (non-hydrogen) atoms. The lowest BCUT2D eigenvalue weighted by Gasteiger charge is -2.16. The number of aryl methyl sites for hydroxylation is 2. The number of hydrogen-bond donors (Lipinski definition) is 1. The first kappa shape index (κ1) is 19.1. The monoisotopic (exact) mass is 406 g/mol. The molecule has 1 aromatic heterocycles. The molecule has 1 fully saturated rings. The molecule has 2 aliphatic heterocycles. The Balaban J connectivity index is 1.43.